The van der Waals surface area contributed by atoms with Crippen LogP contribution in [-0.2, 0) is 6.42 Å². The Kier molecular flexibility index (Phi) is 3.10. The molecule has 1 rings (SSSR count). The lowest BCUT2D eigenvalue weighted by Crippen LogP contribution is -2.30. The van der Waals surface area contributed by atoms with Crippen LogP contribution in [0.25, 0.3) is 0 Å². The third kappa shape index (κ3) is 2.99. The summed E-state index contributed by atoms with van der Waals surface area (Å²) in [5.41, 5.74) is 4.69. The first-order chi connectivity index (χ1) is 6.43. The molecule has 5 heteroatoms. The number of rotatable bonds is 3. The highest BCUT2D eigenvalue weighted by Crippen LogP contribution is 2.19. The number of hydrogen-bond donors (Lipinski definition) is 1. The molecule has 0 amide bonds. The highest BCUT2D eigenvalue weighted by molar-refractivity contribution is 5.19. The molecule has 0 saturated heterocycles. The topological polar surface area (TPSA) is 26.0 Å². The normalized spacial score (nSPS) is 11.8. The molecular formula is C9H9F4N. The second kappa shape index (κ2) is 3.96. The summed E-state index contributed by atoms with van der Waals surface area (Å²) < 4.78 is 50.6. The second-order valence-corrected chi connectivity index (χ2v) is 3.01. The van der Waals surface area contributed by atoms with Crippen LogP contribution in [0, 0.1) is 11.6 Å². The molecule has 0 heterocycles. The Labute approximate surface area is 78.5 Å². The highest BCUT2D eigenvalue weighted by atomic mass is 19.3. The van der Waals surface area contributed by atoms with Crippen molar-refractivity contribution >= 4 is 0 Å². The van der Waals surface area contributed by atoms with Gasteiger partial charge in [0.1, 0.15) is 11.6 Å². The minimum absolute atomic E-state index is 0.0991. The zero-order chi connectivity index (χ0) is 10.8. The van der Waals surface area contributed by atoms with Gasteiger partial charge in [0, 0.05) is 12.5 Å². The zero-order valence-corrected chi connectivity index (χ0v) is 7.24. The number of nitrogens with two attached hydrogens (primary N) is 1. The molecule has 78 valence electrons. The third-order valence-corrected chi connectivity index (χ3v) is 1.68. The van der Waals surface area contributed by atoms with Crippen molar-refractivity contribution in [3.8, 4) is 0 Å². The van der Waals surface area contributed by atoms with Crippen molar-refractivity contribution in [2.75, 3.05) is 6.54 Å². The fourth-order valence-electron chi connectivity index (χ4n) is 1.08. The maximum atomic E-state index is 12.7. The van der Waals surface area contributed by atoms with Gasteiger partial charge in [-0.05, 0) is 17.7 Å². The molecule has 2 N–H and O–H groups in total. The summed E-state index contributed by atoms with van der Waals surface area (Å²) in [6, 6.07) is 2.36. The molecule has 1 nitrogen and oxygen atoms in total. The predicted molar refractivity (Wildman–Crippen MR) is 44.1 cm³/mol. The van der Waals surface area contributed by atoms with E-state index < -0.39 is 30.5 Å². The van der Waals surface area contributed by atoms with Gasteiger partial charge in [0.05, 0.1) is 6.54 Å². The molecular weight excluding hydrogens is 198 g/mol. The number of halogens is 4. The van der Waals surface area contributed by atoms with Crippen LogP contribution in [-0.4, -0.2) is 12.5 Å². The summed E-state index contributed by atoms with van der Waals surface area (Å²) in [6.45, 7) is -0.842. The molecule has 0 aliphatic rings. The van der Waals surface area contributed by atoms with Crippen molar-refractivity contribution in [2.24, 2.45) is 5.73 Å². The van der Waals surface area contributed by atoms with Crippen molar-refractivity contribution < 1.29 is 17.6 Å². The first-order valence-corrected chi connectivity index (χ1v) is 3.96. The highest BCUT2D eigenvalue weighted by Gasteiger charge is 2.27. The van der Waals surface area contributed by atoms with Gasteiger partial charge in [-0.3, -0.25) is 0 Å². The fraction of sp³-hybridized carbons (Fsp3) is 0.333. The molecule has 0 unspecified atom stereocenters. The lowest BCUT2D eigenvalue weighted by molar-refractivity contribution is 0.0114. The van der Waals surface area contributed by atoms with Crippen LogP contribution in [0.2, 0.25) is 0 Å². The summed E-state index contributed by atoms with van der Waals surface area (Å²) in [5, 5.41) is 0. The monoisotopic (exact) mass is 207 g/mol. The first kappa shape index (κ1) is 11.0. The summed E-state index contributed by atoms with van der Waals surface area (Å²) in [7, 11) is 0. The van der Waals surface area contributed by atoms with Gasteiger partial charge < -0.3 is 5.73 Å². The third-order valence-electron chi connectivity index (χ3n) is 1.68. The van der Waals surface area contributed by atoms with Crippen molar-refractivity contribution in [2.45, 2.75) is 12.3 Å². The maximum absolute atomic E-state index is 12.7. The standard InChI is InChI=1S/C9H9F4N/c10-7-1-6(2-8(11)3-7)4-9(12,13)5-14/h1-3H,4-5,14H2. The van der Waals surface area contributed by atoms with E-state index in [1.807, 2.05) is 0 Å². The molecule has 0 atom stereocenters. The Morgan fingerprint density at radius 1 is 1.07 bits per heavy atom. The van der Waals surface area contributed by atoms with Gasteiger partial charge >= 0.3 is 0 Å². The van der Waals surface area contributed by atoms with E-state index in [-0.39, 0.29) is 5.56 Å². The molecule has 14 heavy (non-hydrogen) atoms. The van der Waals surface area contributed by atoms with Crippen molar-refractivity contribution in [3.05, 3.63) is 35.4 Å². The Balaban J connectivity index is 2.87. The van der Waals surface area contributed by atoms with Crippen molar-refractivity contribution in [1.82, 2.24) is 0 Å². The Morgan fingerprint density at radius 3 is 2.00 bits per heavy atom. The Morgan fingerprint density at radius 2 is 1.57 bits per heavy atom. The van der Waals surface area contributed by atoms with Gasteiger partial charge in [0.25, 0.3) is 5.92 Å². The van der Waals surface area contributed by atoms with Gasteiger partial charge in [0.15, 0.2) is 0 Å². The van der Waals surface area contributed by atoms with E-state index in [4.69, 9.17) is 5.73 Å². The number of hydrogen-bond acceptors (Lipinski definition) is 1. The van der Waals surface area contributed by atoms with Gasteiger partial charge in [-0.1, -0.05) is 0 Å². The van der Waals surface area contributed by atoms with E-state index in [1.54, 1.807) is 0 Å². The quantitative estimate of drug-likeness (QED) is 0.754. The maximum Gasteiger partial charge on any atom is 0.264 e. The summed E-state index contributed by atoms with van der Waals surface area (Å²) in [6.07, 6.45) is -0.752. The molecule has 0 aliphatic heterocycles. The molecule has 0 radical (unpaired) electrons. The molecule has 0 aliphatic carbocycles. The smallest absolute Gasteiger partial charge is 0.264 e. The van der Waals surface area contributed by atoms with Crippen LogP contribution >= 0.6 is 0 Å². The average molecular weight is 207 g/mol. The van der Waals surface area contributed by atoms with Gasteiger partial charge in [-0.25, -0.2) is 17.6 Å². The van der Waals surface area contributed by atoms with Crippen LogP contribution in [0.1, 0.15) is 5.56 Å². The molecule has 0 fully saturated rings. The Bertz CT molecular complexity index is 304. The molecule has 0 spiro atoms. The minimum atomic E-state index is -3.12. The molecule has 0 saturated carbocycles. The zero-order valence-electron chi connectivity index (χ0n) is 7.24. The van der Waals surface area contributed by atoms with E-state index in [0.717, 1.165) is 12.1 Å². The average Bonchev–Trinajstić information content (AvgIpc) is 2.01. The van der Waals surface area contributed by atoms with Gasteiger partial charge in [-0.2, -0.15) is 0 Å². The van der Waals surface area contributed by atoms with Crippen LogP contribution in [0.3, 0.4) is 0 Å². The van der Waals surface area contributed by atoms with E-state index >= 15 is 0 Å². The summed E-state index contributed by atoms with van der Waals surface area (Å²) >= 11 is 0. The van der Waals surface area contributed by atoms with E-state index in [9.17, 15) is 17.6 Å². The first-order valence-electron chi connectivity index (χ1n) is 3.96. The van der Waals surface area contributed by atoms with E-state index in [1.165, 1.54) is 0 Å². The number of alkyl halides is 2. The lowest BCUT2D eigenvalue weighted by atomic mass is 10.1. The van der Waals surface area contributed by atoms with Crippen LogP contribution in [0.5, 0.6) is 0 Å². The summed E-state index contributed by atoms with van der Waals surface area (Å²) in [4.78, 5) is 0. The molecule has 1 aromatic rings. The number of benzene rings is 1. The fourth-order valence-corrected chi connectivity index (χ4v) is 1.08. The second-order valence-electron chi connectivity index (χ2n) is 3.01. The van der Waals surface area contributed by atoms with Crippen LogP contribution in [0.4, 0.5) is 17.6 Å². The SMILES string of the molecule is NCC(F)(F)Cc1cc(F)cc(F)c1. The van der Waals surface area contributed by atoms with Crippen molar-refractivity contribution in [1.29, 1.82) is 0 Å². The van der Waals surface area contributed by atoms with Crippen LogP contribution < -0.4 is 5.73 Å². The largest absolute Gasteiger partial charge is 0.325 e. The van der Waals surface area contributed by atoms with Gasteiger partial charge in [0.2, 0.25) is 0 Å². The Hall–Kier alpha value is -1.10. The molecule has 1 aromatic carbocycles. The van der Waals surface area contributed by atoms with E-state index in [2.05, 4.69) is 0 Å². The lowest BCUT2D eigenvalue weighted by Gasteiger charge is -2.13. The molecule has 0 bridgehead atoms. The van der Waals surface area contributed by atoms with Crippen molar-refractivity contribution in [3.63, 3.8) is 0 Å². The molecule has 0 aromatic heterocycles. The van der Waals surface area contributed by atoms with Crippen LogP contribution in [0.15, 0.2) is 18.2 Å². The summed E-state index contributed by atoms with van der Waals surface area (Å²) in [5.74, 6) is -4.86. The van der Waals surface area contributed by atoms with Gasteiger partial charge in [-0.15, -0.1) is 0 Å². The van der Waals surface area contributed by atoms with E-state index in [0.29, 0.717) is 6.07 Å². The predicted octanol–water partition coefficient (Wildman–Crippen LogP) is 2.10. The minimum Gasteiger partial charge on any atom is -0.325 e.